The van der Waals surface area contributed by atoms with Gasteiger partial charge in [0.1, 0.15) is 12.0 Å². The molecular weight excluding hydrogens is 352 g/mol. The first-order valence-corrected chi connectivity index (χ1v) is 9.19. The van der Waals surface area contributed by atoms with Crippen LogP contribution in [0.5, 0.6) is 0 Å². The van der Waals surface area contributed by atoms with Gasteiger partial charge in [-0.3, -0.25) is 4.90 Å². The number of halogens is 1. The topological polar surface area (TPSA) is 88.3 Å². The van der Waals surface area contributed by atoms with Gasteiger partial charge < -0.3 is 21.1 Å². The number of nitrogens with zero attached hydrogens (tertiary/aromatic N) is 3. The van der Waals surface area contributed by atoms with Crippen molar-refractivity contribution in [1.82, 2.24) is 14.9 Å². The Hall–Kier alpha value is -2.09. The molecule has 0 atom stereocenters. The molecule has 8 heteroatoms. The number of nitrogen functional groups attached to an aromatic ring is 1. The van der Waals surface area contributed by atoms with Crippen molar-refractivity contribution < 1.29 is 4.74 Å². The van der Waals surface area contributed by atoms with Crippen molar-refractivity contribution in [3.8, 4) is 0 Å². The van der Waals surface area contributed by atoms with Crippen LogP contribution in [0.1, 0.15) is 12.0 Å². The molecule has 1 aliphatic rings. The number of morpholine rings is 1. The van der Waals surface area contributed by atoms with Crippen molar-refractivity contribution in [1.29, 1.82) is 0 Å². The summed E-state index contributed by atoms with van der Waals surface area (Å²) in [5, 5.41) is 7.24. The van der Waals surface area contributed by atoms with Gasteiger partial charge in [-0.15, -0.1) is 0 Å². The molecule has 1 aromatic heterocycles. The van der Waals surface area contributed by atoms with Gasteiger partial charge in [-0.1, -0.05) is 17.7 Å². The smallest absolute Gasteiger partial charge is 0.159 e. The highest BCUT2D eigenvalue weighted by molar-refractivity contribution is 6.31. The Labute approximate surface area is 158 Å². The van der Waals surface area contributed by atoms with Crippen LogP contribution >= 0.6 is 11.6 Å². The second-order valence-corrected chi connectivity index (χ2v) is 6.66. The van der Waals surface area contributed by atoms with Crippen LogP contribution in [-0.4, -0.2) is 54.3 Å². The molecule has 1 fully saturated rings. The molecule has 140 valence electrons. The number of aromatic nitrogens is 2. The zero-order valence-electron chi connectivity index (χ0n) is 15.0. The van der Waals surface area contributed by atoms with E-state index in [1.54, 1.807) is 0 Å². The van der Waals surface area contributed by atoms with Crippen LogP contribution in [0.15, 0.2) is 24.5 Å². The summed E-state index contributed by atoms with van der Waals surface area (Å²) in [5.74, 6) is 1.21. The number of nitrogens with two attached hydrogens (primary N) is 1. The summed E-state index contributed by atoms with van der Waals surface area (Å²) >= 11 is 6.17. The van der Waals surface area contributed by atoms with Gasteiger partial charge in [0.2, 0.25) is 0 Å². The summed E-state index contributed by atoms with van der Waals surface area (Å²) in [6.07, 6.45) is 2.52. The molecule has 0 unspecified atom stereocenters. The fraction of sp³-hybridized carbons (Fsp3) is 0.444. The van der Waals surface area contributed by atoms with Gasteiger partial charge in [-0.25, -0.2) is 9.97 Å². The lowest BCUT2D eigenvalue weighted by molar-refractivity contribution is 0.0378. The first kappa shape index (κ1) is 18.7. The average molecular weight is 377 g/mol. The molecule has 1 saturated heterocycles. The second-order valence-electron chi connectivity index (χ2n) is 6.26. The van der Waals surface area contributed by atoms with E-state index in [0.717, 1.165) is 57.1 Å². The van der Waals surface area contributed by atoms with Crippen LogP contribution in [0.25, 0.3) is 0 Å². The first-order valence-electron chi connectivity index (χ1n) is 8.81. The molecular formula is C18H25ClN6O. The van der Waals surface area contributed by atoms with E-state index in [1.165, 1.54) is 6.33 Å². The van der Waals surface area contributed by atoms with Crippen LogP contribution in [-0.2, 0) is 4.74 Å². The zero-order chi connectivity index (χ0) is 18.4. The van der Waals surface area contributed by atoms with Gasteiger partial charge in [0.15, 0.2) is 11.6 Å². The molecule has 3 rings (SSSR count). The number of nitrogens with one attached hydrogen (secondary N) is 2. The van der Waals surface area contributed by atoms with Gasteiger partial charge in [0, 0.05) is 30.3 Å². The van der Waals surface area contributed by atoms with E-state index in [1.807, 2.05) is 25.1 Å². The van der Waals surface area contributed by atoms with Crippen LogP contribution in [0.2, 0.25) is 5.02 Å². The third kappa shape index (κ3) is 4.75. The Morgan fingerprint density at radius 2 is 2.00 bits per heavy atom. The normalized spacial score (nSPS) is 15.0. The summed E-state index contributed by atoms with van der Waals surface area (Å²) in [7, 11) is 0. The Kier molecular flexibility index (Phi) is 6.49. The number of hydrogen-bond acceptors (Lipinski definition) is 7. The Morgan fingerprint density at radius 3 is 2.81 bits per heavy atom. The van der Waals surface area contributed by atoms with Crippen LogP contribution in [0.4, 0.5) is 23.0 Å². The Morgan fingerprint density at radius 1 is 1.23 bits per heavy atom. The number of rotatable bonds is 7. The SMILES string of the molecule is Cc1c(Cl)cccc1Nc1ncnc(NCCCN2CCOCC2)c1N. The minimum atomic E-state index is 0.498. The first-order chi connectivity index (χ1) is 12.6. The fourth-order valence-corrected chi connectivity index (χ4v) is 3.02. The molecule has 0 bridgehead atoms. The molecule has 0 spiro atoms. The highest BCUT2D eigenvalue weighted by Crippen LogP contribution is 2.29. The van der Waals surface area contributed by atoms with Gasteiger partial charge in [-0.2, -0.15) is 0 Å². The summed E-state index contributed by atoms with van der Waals surface area (Å²) < 4.78 is 5.36. The lowest BCUT2D eigenvalue weighted by atomic mass is 10.2. The summed E-state index contributed by atoms with van der Waals surface area (Å²) in [5.41, 5.74) is 8.56. The van der Waals surface area contributed by atoms with Gasteiger partial charge in [0.05, 0.1) is 13.2 Å². The molecule has 0 radical (unpaired) electrons. The largest absolute Gasteiger partial charge is 0.393 e. The number of hydrogen-bond donors (Lipinski definition) is 3. The van der Waals surface area contributed by atoms with Crippen LogP contribution in [0, 0.1) is 6.92 Å². The molecule has 2 heterocycles. The third-order valence-corrected chi connectivity index (χ3v) is 4.86. The second kappa shape index (κ2) is 9.02. The Balaban J connectivity index is 1.57. The maximum atomic E-state index is 6.23. The van der Waals surface area contributed by atoms with Crippen LogP contribution in [0.3, 0.4) is 0 Å². The van der Waals surface area contributed by atoms with Crippen LogP contribution < -0.4 is 16.4 Å². The molecule has 0 saturated carbocycles. The van der Waals surface area contributed by atoms with Crippen molar-refractivity contribution >= 4 is 34.6 Å². The predicted octanol–water partition coefficient (Wildman–Crippen LogP) is 2.90. The quantitative estimate of drug-likeness (QED) is 0.640. The number of benzene rings is 1. The molecule has 1 aliphatic heterocycles. The minimum Gasteiger partial charge on any atom is -0.393 e. The van der Waals surface area contributed by atoms with Crippen molar-refractivity contribution in [2.45, 2.75) is 13.3 Å². The summed E-state index contributed by atoms with van der Waals surface area (Å²) in [6.45, 7) is 7.44. The standard InChI is InChI=1S/C18H25ClN6O/c1-13-14(19)4-2-5-15(13)24-18-16(20)17(22-12-23-18)21-6-3-7-25-8-10-26-11-9-25/h2,4-5,12H,3,6-11,20H2,1H3,(H2,21,22,23,24). The maximum Gasteiger partial charge on any atom is 0.159 e. The van der Waals surface area contributed by atoms with Gasteiger partial charge >= 0.3 is 0 Å². The minimum absolute atomic E-state index is 0.498. The van der Waals surface area contributed by atoms with E-state index in [2.05, 4.69) is 25.5 Å². The third-order valence-electron chi connectivity index (χ3n) is 4.45. The van der Waals surface area contributed by atoms with E-state index < -0.39 is 0 Å². The molecule has 26 heavy (non-hydrogen) atoms. The number of ether oxygens (including phenoxy) is 1. The maximum absolute atomic E-state index is 6.23. The summed E-state index contributed by atoms with van der Waals surface area (Å²) in [6, 6.07) is 5.69. The average Bonchev–Trinajstić information content (AvgIpc) is 2.66. The predicted molar refractivity (Wildman–Crippen MR) is 106 cm³/mol. The van der Waals surface area contributed by atoms with Gasteiger partial charge in [0.25, 0.3) is 0 Å². The molecule has 7 nitrogen and oxygen atoms in total. The zero-order valence-corrected chi connectivity index (χ0v) is 15.7. The van der Waals surface area contributed by atoms with Gasteiger partial charge in [-0.05, 0) is 37.6 Å². The number of anilines is 4. The lowest BCUT2D eigenvalue weighted by Crippen LogP contribution is -2.37. The molecule has 2 aromatic rings. The molecule has 0 amide bonds. The van der Waals surface area contributed by atoms with E-state index >= 15 is 0 Å². The molecule has 4 N–H and O–H groups in total. The molecule has 0 aliphatic carbocycles. The van der Waals surface area contributed by atoms with Crippen molar-refractivity contribution in [3.05, 3.63) is 35.1 Å². The summed E-state index contributed by atoms with van der Waals surface area (Å²) in [4.78, 5) is 10.9. The van der Waals surface area contributed by atoms with E-state index in [9.17, 15) is 0 Å². The van der Waals surface area contributed by atoms with E-state index in [0.29, 0.717) is 22.3 Å². The highest BCUT2D eigenvalue weighted by Gasteiger charge is 2.12. The molecule has 1 aromatic carbocycles. The van der Waals surface area contributed by atoms with Crippen molar-refractivity contribution in [2.75, 3.05) is 55.8 Å². The van der Waals surface area contributed by atoms with E-state index in [-0.39, 0.29) is 0 Å². The van der Waals surface area contributed by atoms with Crippen molar-refractivity contribution in [2.24, 2.45) is 0 Å². The Bertz CT molecular complexity index is 736. The lowest BCUT2D eigenvalue weighted by Gasteiger charge is -2.26. The highest BCUT2D eigenvalue weighted by atomic mass is 35.5. The van der Waals surface area contributed by atoms with Crippen molar-refractivity contribution in [3.63, 3.8) is 0 Å². The van der Waals surface area contributed by atoms with E-state index in [4.69, 9.17) is 22.1 Å². The fourth-order valence-electron chi connectivity index (χ4n) is 2.84. The monoisotopic (exact) mass is 376 g/mol.